The van der Waals surface area contributed by atoms with E-state index in [1.807, 2.05) is 33.7 Å². The Balaban J connectivity index is 1.15. The molecule has 2 aromatic carbocycles. The Morgan fingerprint density at radius 3 is 2.53 bits per heavy atom. The molecule has 2 amide bonds. The number of fused-ring (bicyclic) bond motifs is 1. The molecule has 0 unspecified atom stereocenters. The van der Waals surface area contributed by atoms with Crippen molar-refractivity contribution in [1.29, 1.82) is 0 Å². The SMILES string of the molecule is Cc1cc(-c2nn(C)c3ccccc23)ccc1C1=NC2(CC2)C(=O)N1CC1CN(C(=O)C2(C)CC2)C1. The van der Waals surface area contributed by atoms with E-state index in [1.54, 1.807) is 0 Å². The Morgan fingerprint density at radius 1 is 1.08 bits per heavy atom. The van der Waals surface area contributed by atoms with Crippen molar-refractivity contribution in [2.45, 2.75) is 45.1 Å². The van der Waals surface area contributed by atoms with Gasteiger partial charge in [-0.15, -0.1) is 0 Å². The van der Waals surface area contributed by atoms with Gasteiger partial charge in [0.1, 0.15) is 17.1 Å². The molecule has 36 heavy (non-hydrogen) atoms. The van der Waals surface area contributed by atoms with Crippen LogP contribution < -0.4 is 0 Å². The quantitative estimate of drug-likeness (QED) is 0.555. The number of benzene rings is 2. The molecule has 1 saturated heterocycles. The van der Waals surface area contributed by atoms with Gasteiger partial charge < -0.3 is 4.90 Å². The zero-order valence-corrected chi connectivity index (χ0v) is 21.1. The van der Waals surface area contributed by atoms with Gasteiger partial charge in [0.2, 0.25) is 5.91 Å². The zero-order valence-electron chi connectivity index (χ0n) is 21.1. The van der Waals surface area contributed by atoms with E-state index in [0.29, 0.717) is 12.5 Å². The number of likely N-dealkylation sites (tertiary alicyclic amines) is 1. The lowest BCUT2D eigenvalue weighted by Gasteiger charge is -2.42. The van der Waals surface area contributed by atoms with E-state index in [9.17, 15) is 9.59 Å². The minimum Gasteiger partial charge on any atom is -0.341 e. The Bertz CT molecular complexity index is 1470. The average molecular weight is 482 g/mol. The number of carbonyl (C=O) groups is 2. The summed E-state index contributed by atoms with van der Waals surface area (Å²) in [7, 11) is 1.97. The molecule has 0 bridgehead atoms. The molecule has 7 heteroatoms. The molecule has 3 fully saturated rings. The van der Waals surface area contributed by atoms with Crippen LogP contribution in [0.15, 0.2) is 47.5 Å². The lowest BCUT2D eigenvalue weighted by Crippen LogP contribution is -2.56. The van der Waals surface area contributed by atoms with Gasteiger partial charge in [-0.3, -0.25) is 24.2 Å². The largest absolute Gasteiger partial charge is 0.341 e. The molecule has 4 aliphatic rings. The van der Waals surface area contributed by atoms with E-state index < -0.39 is 5.54 Å². The second kappa shape index (κ2) is 7.28. The van der Waals surface area contributed by atoms with Crippen molar-refractivity contribution in [2.75, 3.05) is 19.6 Å². The third kappa shape index (κ3) is 3.18. The second-order valence-corrected chi connectivity index (χ2v) is 11.5. The van der Waals surface area contributed by atoms with Gasteiger partial charge in [-0.05, 0) is 50.3 Å². The third-order valence-corrected chi connectivity index (χ3v) is 8.64. The summed E-state index contributed by atoms with van der Waals surface area (Å²) in [5.41, 5.74) is 4.55. The van der Waals surface area contributed by atoms with Gasteiger partial charge in [0.25, 0.3) is 5.91 Å². The lowest BCUT2D eigenvalue weighted by molar-refractivity contribution is -0.143. The standard InChI is InChI=1S/C29H31N5O2/c1-18-14-20(24-22-6-4-5-7-23(22)32(3)31-24)8-9-21(18)25-30-29(12-13-29)27(36)34(25)17-19-15-33(16-19)26(35)28(2)10-11-28/h4-9,14,19H,10-13,15-17H2,1-3H3. The molecule has 3 heterocycles. The number of aliphatic imine (C=N–C) groups is 1. The monoisotopic (exact) mass is 481 g/mol. The van der Waals surface area contributed by atoms with Crippen LogP contribution >= 0.6 is 0 Å². The van der Waals surface area contributed by atoms with Gasteiger partial charge in [-0.1, -0.05) is 37.3 Å². The second-order valence-electron chi connectivity index (χ2n) is 11.5. The maximum Gasteiger partial charge on any atom is 0.256 e. The highest BCUT2D eigenvalue weighted by molar-refractivity contribution is 6.17. The zero-order chi connectivity index (χ0) is 24.8. The van der Waals surface area contributed by atoms with Crippen molar-refractivity contribution in [3.63, 3.8) is 0 Å². The molecule has 2 aliphatic heterocycles. The van der Waals surface area contributed by atoms with Crippen molar-refractivity contribution < 1.29 is 9.59 Å². The number of nitrogens with zero attached hydrogens (tertiary/aromatic N) is 5. The maximum atomic E-state index is 13.4. The number of hydrogen-bond acceptors (Lipinski definition) is 4. The number of amides is 2. The predicted molar refractivity (Wildman–Crippen MR) is 139 cm³/mol. The Labute approximate surface area is 210 Å². The highest BCUT2D eigenvalue weighted by atomic mass is 16.2. The number of rotatable bonds is 5. The maximum absolute atomic E-state index is 13.4. The number of aromatic nitrogens is 2. The smallest absolute Gasteiger partial charge is 0.256 e. The van der Waals surface area contributed by atoms with Crippen molar-refractivity contribution >= 4 is 28.6 Å². The van der Waals surface area contributed by atoms with Crippen molar-refractivity contribution in [3.05, 3.63) is 53.6 Å². The molecular formula is C29H31N5O2. The highest BCUT2D eigenvalue weighted by Crippen LogP contribution is 2.48. The first-order chi connectivity index (χ1) is 17.3. The molecule has 2 saturated carbocycles. The fourth-order valence-corrected chi connectivity index (χ4v) is 5.86. The van der Waals surface area contributed by atoms with E-state index in [4.69, 9.17) is 10.1 Å². The molecular weight excluding hydrogens is 450 g/mol. The number of aryl methyl sites for hydroxylation is 2. The van der Waals surface area contributed by atoms with Gasteiger partial charge in [-0.25, -0.2) is 0 Å². The molecule has 1 spiro atoms. The molecule has 7 rings (SSSR count). The molecule has 2 aliphatic carbocycles. The summed E-state index contributed by atoms with van der Waals surface area (Å²) in [6.45, 7) is 6.26. The number of hydrogen-bond donors (Lipinski definition) is 0. The van der Waals surface area contributed by atoms with Gasteiger partial charge in [0.15, 0.2) is 0 Å². The minimum atomic E-state index is -0.543. The summed E-state index contributed by atoms with van der Waals surface area (Å²) >= 11 is 0. The Hall–Kier alpha value is -3.48. The van der Waals surface area contributed by atoms with Crippen molar-refractivity contribution in [2.24, 2.45) is 23.4 Å². The third-order valence-electron chi connectivity index (χ3n) is 8.64. The molecule has 0 N–H and O–H groups in total. The molecule has 3 aromatic rings. The topological polar surface area (TPSA) is 70.8 Å². The van der Waals surface area contributed by atoms with Crippen LogP contribution in [0.5, 0.6) is 0 Å². The number of carbonyl (C=O) groups excluding carboxylic acids is 2. The van der Waals surface area contributed by atoms with Crippen LogP contribution in [0.1, 0.15) is 43.7 Å². The first kappa shape index (κ1) is 21.8. The molecule has 184 valence electrons. The van der Waals surface area contributed by atoms with E-state index >= 15 is 0 Å². The normalized spacial score (nSPS) is 21.8. The van der Waals surface area contributed by atoms with Crippen LogP contribution in [0, 0.1) is 18.3 Å². The van der Waals surface area contributed by atoms with Gasteiger partial charge in [-0.2, -0.15) is 5.10 Å². The molecule has 7 nitrogen and oxygen atoms in total. The Morgan fingerprint density at radius 2 is 1.83 bits per heavy atom. The average Bonchev–Trinajstić information content (AvgIpc) is 3.74. The fourth-order valence-electron chi connectivity index (χ4n) is 5.86. The minimum absolute atomic E-state index is 0.128. The van der Waals surface area contributed by atoms with Crippen LogP contribution in [-0.2, 0) is 16.6 Å². The summed E-state index contributed by atoms with van der Waals surface area (Å²) in [6.07, 6.45) is 3.66. The summed E-state index contributed by atoms with van der Waals surface area (Å²) < 4.78 is 1.92. The van der Waals surface area contributed by atoms with E-state index in [-0.39, 0.29) is 17.2 Å². The number of para-hydroxylation sites is 1. The Kier molecular flexibility index (Phi) is 4.40. The lowest BCUT2D eigenvalue weighted by atomic mass is 9.95. The van der Waals surface area contributed by atoms with Crippen molar-refractivity contribution in [1.82, 2.24) is 19.6 Å². The molecule has 0 atom stereocenters. The van der Waals surface area contributed by atoms with E-state index in [1.165, 1.54) is 0 Å². The summed E-state index contributed by atoms with van der Waals surface area (Å²) in [6, 6.07) is 14.6. The van der Waals surface area contributed by atoms with Crippen LogP contribution in [0.3, 0.4) is 0 Å². The van der Waals surface area contributed by atoms with Crippen LogP contribution in [0.4, 0.5) is 0 Å². The van der Waals surface area contributed by atoms with Crippen LogP contribution in [0.2, 0.25) is 0 Å². The van der Waals surface area contributed by atoms with Gasteiger partial charge in [0, 0.05) is 54.5 Å². The van der Waals surface area contributed by atoms with E-state index in [2.05, 4.69) is 44.2 Å². The molecule has 0 radical (unpaired) electrons. The number of amidine groups is 1. The van der Waals surface area contributed by atoms with Crippen LogP contribution in [0.25, 0.3) is 22.2 Å². The van der Waals surface area contributed by atoms with Gasteiger partial charge in [0.05, 0.1) is 5.52 Å². The van der Waals surface area contributed by atoms with Gasteiger partial charge >= 0.3 is 0 Å². The predicted octanol–water partition coefficient (Wildman–Crippen LogP) is 3.93. The first-order valence-electron chi connectivity index (χ1n) is 13.0. The first-order valence-corrected chi connectivity index (χ1v) is 13.0. The fraction of sp³-hybridized carbons (Fsp3) is 0.448. The summed E-state index contributed by atoms with van der Waals surface area (Å²) in [5.74, 6) is 1.52. The highest BCUT2D eigenvalue weighted by Gasteiger charge is 2.58. The van der Waals surface area contributed by atoms with E-state index in [0.717, 1.165) is 77.9 Å². The van der Waals surface area contributed by atoms with Crippen molar-refractivity contribution in [3.8, 4) is 11.3 Å². The summed E-state index contributed by atoms with van der Waals surface area (Å²) in [5, 5.41) is 5.91. The van der Waals surface area contributed by atoms with Crippen LogP contribution in [-0.4, -0.2) is 62.4 Å². The molecule has 1 aromatic heterocycles. The summed E-state index contributed by atoms with van der Waals surface area (Å²) in [4.78, 5) is 34.9.